The van der Waals surface area contributed by atoms with Crippen molar-refractivity contribution >= 4 is 60.7 Å². The molecule has 1 amide bonds. The highest BCUT2D eigenvalue weighted by molar-refractivity contribution is 7.80. The second-order valence-corrected chi connectivity index (χ2v) is 7.36. The number of aromatic nitrogens is 1. The van der Waals surface area contributed by atoms with E-state index < -0.39 is 0 Å². The van der Waals surface area contributed by atoms with Crippen LogP contribution in [0.5, 0.6) is 0 Å². The number of amides is 1. The van der Waals surface area contributed by atoms with Gasteiger partial charge in [-0.1, -0.05) is 53.8 Å². The molecule has 128 valence electrons. The average Bonchev–Trinajstić information content (AvgIpc) is 3.02. The maximum absolute atomic E-state index is 12.6. The molecule has 0 saturated heterocycles. The van der Waals surface area contributed by atoms with E-state index in [1.165, 1.54) is 16.9 Å². The molecular weight excluding hydrogens is 362 g/mol. The molecule has 4 aromatic rings. The Morgan fingerprint density at radius 1 is 1.08 bits per heavy atom. The molecule has 2 N–H and O–H groups in total. The van der Waals surface area contributed by atoms with E-state index in [9.17, 15) is 4.79 Å². The summed E-state index contributed by atoms with van der Waals surface area (Å²) >= 11 is 6.79. The molecule has 1 aromatic heterocycles. The molecule has 4 nitrogen and oxygen atoms in total. The van der Waals surface area contributed by atoms with Gasteiger partial charge in [0.2, 0.25) is 0 Å². The number of anilines is 1. The summed E-state index contributed by atoms with van der Waals surface area (Å²) in [6, 6.07) is 19.5. The number of carbonyl (C=O) groups is 1. The zero-order valence-electron chi connectivity index (χ0n) is 13.9. The monoisotopic (exact) mass is 377 g/mol. The molecule has 0 bridgehead atoms. The Hall–Kier alpha value is -2.83. The predicted molar refractivity (Wildman–Crippen MR) is 112 cm³/mol. The van der Waals surface area contributed by atoms with Gasteiger partial charge in [0.05, 0.1) is 10.2 Å². The molecule has 6 heteroatoms. The van der Waals surface area contributed by atoms with E-state index in [1.54, 1.807) is 6.07 Å². The third kappa shape index (κ3) is 3.29. The van der Waals surface area contributed by atoms with Gasteiger partial charge in [-0.15, -0.1) is 0 Å². The maximum Gasteiger partial charge on any atom is 0.258 e. The molecule has 0 aliphatic carbocycles. The van der Waals surface area contributed by atoms with Crippen LogP contribution in [0.25, 0.3) is 21.0 Å². The number of hydrogen-bond acceptors (Lipinski definition) is 4. The third-order valence-electron chi connectivity index (χ3n) is 4.03. The van der Waals surface area contributed by atoms with Crippen LogP contribution in [-0.4, -0.2) is 16.0 Å². The van der Waals surface area contributed by atoms with E-state index in [-0.39, 0.29) is 11.0 Å². The molecule has 0 unspecified atom stereocenters. The van der Waals surface area contributed by atoms with Crippen molar-refractivity contribution < 1.29 is 4.79 Å². The summed E-state index contributed by atoms with van der Waals surface area (Å²) in [5.74, 6) is -0.240. The van der Waals surface area contributed by atoms with Gasteiger partial charge in [0, 0.05) is 5.56 Å². The minimum Gasteiger partial charge on any atom is -0.308 e. The lowest BCUT2D eigenvalue weighted by Crippen LogP contribution is -2.34. The minimum atomic E-state index is -0.240. The van der Waals surface area contributed by atoms with Gasteiger partial charge in [-0.3, -0.25) is 10.1 Å². The Bertz CT molecular complexity index is 1140. The summed E-state index contributed by atoms with van der Waals surface area (Å²) in [5, 5.41) is 8.55. The summed E-state index contributed by atoms with van der Waals surface area (Å²) in [6.07, 6.45) is 0. The molecule has 1 heterocycles. The first-order valence-corrected chi connectivity index (χ1v) is 9.30. The Labute approximate surface area is 159 Å². The quantitative estimate of drug-likeness (QED) is 0.489. The van der Waals surface area contributed by atoms with Crippen molar-refractivity contribution in [1.29, 1.82) is 0 Å². The number of thiazole rings is 1. The van der Waals surface area contributed by atoms with Crippen molar-refractivity contribution in [2.75, 3.05) is 5.32 Å². The van der Waals surface area contributed by atoms with E-state index >= 15 is 0 Å². The van der Waals surface area contributed by atoms with Crippen molar-refractivity contribution in [3.05, 3.63) is 71.8 Å². The van der Waals surface area contributed by atoms with Crippen molar-refractivity contribution in [3.8, 4) is 0 Å². The number of nitrogens with zero attached hydrogens (tertiary/aromatic N) is 1. The molecule has 0 atom stereocenters. The van der Waals surface area contributed by atoms with Crippen molar-refractivity contribution in [1.82, 2.24) is 10.3 Å². The van der Waals surface area contributed by atoms with Gasteiger partial charge in [-0.25, -0.2) is 4.98 Å². The fourth-order valence-corrected chi connectivity index (χ4v) is 4.03. The normalized spacial score (nSPS) is 10.8. The van der Waals surface area contributed by atoms with E-state index in [2.05, 4.69) is 21.7 Å². The molecule has 0 aliphatic heterocycles. The lowest BCUT2D eigenvalue weighted by atomic mass is 10.0. The third-order valence-corrected chi connectivity index (χ3v) is 5.16. The van der Waals surface area contributed by atoms with Gasteiger partial charge in [-0.05, 0) is 53.7 Å². The zero-order valence-corrected chi connectivity index (χ0v) is 15.6. The Morgan fingerprint density at radius 3 is 2.77 bits per heavy atom. The Balaban J connectivity index is 1.52. The highest BCUT2D eigenvalue weighted by Crippen LogP contribution is 2.26. The number of aryl methyl sites for hydroxylation is 1. The highest BCUT2D eigenvalue weighted by atomic mass is 32.1. The number of hydrogen-bond donors (Lipinski definition) is 2. The van der Waals surface area contributed by atoms with Gasteiger partial charge in [0.1, 0.15) is 0 Å². The van der Waals surface area contributed by atoms with E-state index in [0.29, 0.717) is 10.7 Å². The molecule has 0 saturated carbocycles. The molecule has 26 heavy (non-hydrogen) atoms. The van der Waals surface area contributed by atoms with Gasteiger partial charge in [-0.2, -0.15) is 0 Å². The van der Waals surface area contributed by atoms with Crippen LogP contribution >= 0.6 is 23.6 Å². The molecule has 0 spiro atoms. The number of fused-ring (bicyclic) bond motifs is 2. The second kappa shape index (κ2) is 6.82. The standard InChI is InChI=1S/C20H15N3OS2/c1-12-9-10-16-17(11-12)26-20(21-16)23-19(25)22-18(24)15-8-4-6-13-5-2-3-7-14(13)15/h2-11H,1H3,(H2,21,22,23,24,25). The smallest absolute Gasteiger partial charge is 0.258 e. The predicted octanol–water partition coefficient (Wildman–Crippen LogP) is 4.88. The second-order valence-electron chi connectivity index (χ2n) is 5.93. The minimum absolute atomic E-state index is 0.235. The molecular formula is C20H15N3OS2. The summed E-state index contributed by atoms with van der Waals surface area (Å²) in [7, 11) is 0. The number of thiocarbonyl (C=S) groups is 1. The lowest BCUT2D eigenvalue weighted by molar-refractivity contribution is 0.0979. The highest BCUT2D eigenvalue weighted by Gasteiger charge is 2.12. The number of rotatable bonds is 2. The summed E-state index contributed by atoms with van der Waals surface area (Å²) in [6.45, 7) is 2.04. The van der Waals surface area contributed by atoms with Gasteiger partial charge in [0.25, 0.3) is 5.91 Å². The van der Waals surface area contributed by atoms with E-state index in [1.807, 2.05) is 55.5 Å². The maximum atomic E-state index is 12.6. The first-order valence-electron chi connectivity index (χ1n) is 8.07. The SMILES string of the molecule is Cc1ccc2nc(NC(=S)NC(=O)c3cccc4ccccc34)sc2c1. The first kappa shape index (κ1) is 16.6. The number of carbonyl (C=O) groups excluding carboxylic acids is 1. The van der Waals surface area contributed by atoms with Gasteiger partial charge < -0.3 is 5.32 Å². The van der Waals surface area contributed by atoms with E-state index in [0.717, 1.165) is 21.0 Å². The van der Waals surface area contributed by atoms with Crippen LogP contribution < -0.4 is 10.6 Å². The molecule has 0 radical (unpaired) electrons. The van der Waals surface area contributed by atoms with Crippen molar-refractivity contribution in [3.63, 3.8) is 0 Å². The van der Waals surface area contributed by atoms with Crippen LogP contribution in [-0.2, 0) is 0 Å². The molecule has 4 rings (SSSR count). The molecule has 0 aliphatic rings. The topological polar surface area (TPSA) is 54.0 Å². The van der Waals surface area contributed by atoms with Crippen LogP contribution in [0.15, 0.2) is 60.7 Å². The van der Waals surface area contributed by atoms with Crippen LogP contribution in [0.2, 0.25) is 0 Å². The number of benzene rings is 3. The molecule has 3 aromatic carbocycles. The first-order chi connectivity index (χ1) is 12.6. The van der Waals surface area contributed by atoms with E-state index in [4.69, 9.17) is 12.2 Å². The summed E-state index contributed by atoms with van der Waals surface area (Å²) in [4.78, 5) is 17.1. The summed E-state index contributed by atoms with van der Waals surface area (Å²) in [5.41, 5.74) is 2.68. The summed E-state index contributed by atoms with van der Waals surface area (Å²) < 4.78 is 1.08. The van der Waals surface area contributed by atoms with Crippen LogP contribution in [0.1, 0.15) is 15.9 Å². The fourth-order valence-electron chi connectivity index (χ4n) is 2.81. The molecule has 0 fully saturated rings. The van der Waals surface area contributed by atoms with Gasteiger partial charge in [0.15, 0.2) is 10.2 Å². The Kier molecular flexibility index (Phi) is 4.36. The largest absolute Gasteiger partial charge is 0.308 e. The van der Waals surface area contributed by atoms with Crippen molar-refractivity contribution in [2.24, 2.45) is 0 Å². The fraction of sp³-hybridized carbons (Fsp3) is 0.0500. The van der Waals surface area contributed by atoms with Crippen LogP contribution in [0, 0.1) is 6.92 Å². The number of nitrogens with one attached hydrogen (secondary N) is 2. The van der Waals surface area contributed by atoms with Crippen LogP contribution in [0.3, 0.4) is 0 Å². The van der Waals surface area contributed by atoms with Crippen LogP contribution in [0.4, 0.5) is 5.13 Å². The average molecular weight is 377 g/mol. The van der Waals surface area contributed by atoms with Crippen molar-refractivity contribution in [2.45, 2.75) is 6.92 Å². The zero-order chi connectivity index (χ0) is 18.1. The Morgan fingerprint density at radius 2 is 1.88 bits per heavy atom. The lowest BCUT2D eigenvalue weighted by Gasteiger charge is -2.09. The van der Waals surface area contributed by atoms with Gasteiger partial charge >= 0.3 is 0 Å².